The van der Waals surface area contributed by atoms with E-state index in [1.165, 1.54) is 13.0 Å². The molecule has 2 rings (SSSR count). The molecule has 17 heavy (non-hydrogen) atoms. The molecular weight excluding hydrogens is 214 g/mol. The van der Waals surface area contributed by atoms with Gasteiger partial charge in [-0.2, -0.15) is 0 Å². The first kappa shape index (κ1) is 12.6. The molecule has 1 N–H and O–H groups in total. The van der Waals surface area contributed by atoms with Crippen molar-refractivity contribution in [3.63, 3.8) is 0 Å². The molecule has 0 amide bonds. The van der Waals surface area contributed by atoms with Gasteiger partial charge in [0.15, 0.2) is 0 Å². The van der Waals surface area contributed by atoms with Gasteiger partial charge in [-0.05, 0) is 38.3 Å². The van der Waals surface area contributed by atoms with Gasteiger partial charge in [-0.3, -0.25) is 0 Å². The van der Waals surface area contributed by atoms with Crippen molar-refractivity contribution in [1.29, 1.82) is 0 Å². The molecule has 0 saturated carbocycles. The minimum Gasteiger partial charge on any atom is -0.396 e. The molecule has 1 aromatic heterocycles. The number of rotatable bonds is 5. The van der Waals surface area contributed by atoms with Crippen LogP contribution in [0.15, 0.2) is 18.7 Å². The number of hydrogen-bond acceptors (Lipinski definition) is 3. The maximum Gasteiger partial charge on any atom is 0.0949 e. The standard InChI is InChI=1S/C13H23N3O/c1-12-4-7-15(6-2-3-9-17)10-13(12)16-8-5-14-11-16/h5,8,11-13,17H,2-4,6-7,9-10H2,1H3. The van der Waals surface area contributed by atoms with E-state index in [0.717, 1.165) is 31.8 Å². The summed E-state index contributed by atoms with van der Waals surface area (Å²) in [4.78, 5) is 6.66. The van der Waals surface area contributed by atoms with Crippen molar-refractivity contribution in [3.8, 4) is 0 Å². The predicted molar refractivity (Wildman–Crippen MR) is 67.8 cm³/mol. The lowest BCUT2D eigenvalue weighted by Crippen LogP contribution is -2.40. The molecule has 1 aliphatic heterocycles. The minimum atomic E-state index is 0.315. The molecule has 0 spiro atoms. The highest BCUT2D eigenvalue weighted by Gasteiger charge is 2.26. The fourth-order valence-corrected chi connectivity index (χ4v) is 2.62. The van der Waals surface area contributed by atoms with E-state index in [0.29, 0.717) is 12.6 Å². The largest absolute Gasteiger partial charge is 0.396 e. The van der Waals surface area contributed by atoms with Gasteiger partial charge in [0, 0.05) is 31.6 Å². The molecule has 4 nitrogen and oxygen atoms in total. The zero-order valence-electron chi connectivity index (χ0n) is 10.6. The van der Waals surface area contributed by atoms with E-state index < -0.39 is 0 Å². The highest BCUT2D eigenvalue weighted by atomic mass is 16.2. The zero-order valence-corrected chi connectivity index (χ0v) is 10.6. The van der Waals surface area contributed by atoms with Gasteiger partial charge in [-0.15, -0.1) is 0 Å². The first-order valence-electron chi connectivity index (χ1n) is 6.62. The highest BCUT2D eigenvalue weighted by Crippen LogP contribution is 2.27. The second kappa shape index (κ2) is 6.17. The Morgan fingerprint density at radius 3 is 3.00 bits per heavy atom. The number of aliphatic hydroxyl groups excluding tert-OH is 1. The van der Waals surface area contributed by atoms with Crippen LogP contribution < -0.4 is 0 Å². The SMILES string of the molecule is CC1CCN(CCCCO)CC1n1ccnc1. The molecule has 1 aliphatic rings. The van der Waals surface area contributed by atoms with Crippen LogP contribution in [0.5, 0.6) is 0 Å². The van der Waals surface area contributed by atoms with E-state index >= 15 is 0 Å². The second-order valence-corrected chi connectivity index (χ2v) is 5.07. The monoisotopic (exact) mass is 237 g/mol. The minimum absolute atomic E-state index is 0.315. The van der Waals surface area contributed by atoms with Crippen molar-refractivity contribution < 1.29 is 5.11 Å². The summed E-state index contributed by atoms with van der Waals surface area (Å²) in [5.41, 5.74) is 0. The Bertz CT molecular complexity index is 312. The van der Waals surface area contributed by atoms with Gasteiger partial charge in [0.25, 0.3) is 0 Å². The average Bonchev–Trinajstić information content (AvgIpc) is 2.85. The lowest BCUT2D eigenvalue weighted by Gasteiger charge is -2.37. The fraction of sp³-hybridized carbons (Fsp3) is 0.769. The van der Waals surface area contributed by atoms with Crippen LogP contribution in [0.1, 0.15) is 32.2 Å². The van der Waals surface area contributed by atoms with Crippen molar-refractivity contribution >= 4 is 0 Å². The molecule has 2 unspecified atom stereocenters. The smallest absolute Gasteiger partial charge is 0.0949 e. The molecule has 0 bridgehead atoms. The Morgan fingerprint density at radius 1 is 1.41 bits per heavy atom. The molecule has 0 aliphatic carbocycles. The van der Waals surface area contributed by atoms with Gasteiger partial charge in [0.2, 0.25) is 0 Å². The van der Waals surface area contributed by atoms with E-state index in [2.05, 4.69) is 27.6 Å². The van der Waals surface area contributed by atoms with Crippen LogP contribution in [0.4, 0.5) is 0 Å². The third kappa shape index (κ3) is 3.30. The summed E-state index contributed by atoms with van der Waals surface area (Å²) in [6, 6.07) is 0.556. The molecular formula is C13H23N3O. The molecule has 96 valence electrons. The Morgan fingerprint density at radius 2 is 2.29 bits per heavy atom. The number of unbranched alkanes of at least 4 members (excludes halogenated alkanes) is 1. The number of aromatic nitrogens is 2. The fourth-order valence-electron chi connectivity index (χ4n) is 2.62. The van der Waals surface area contributed by atoms with Crippen LogP contribution in [0.2, 0.25) is 0 Å². The second-order valence-electron chi connectivity index (χ2n) is 5.07. The van der Waals surface area contributed by atoms with Gasteiger partial charge in [0.1, 0.15) is 0 Å². The van der Waals surface area contributed by atoms with E-state index in [4.69, 9.17) is 5.11 Å². The summed E-state index contributed by atoms with van der Waals surface area (Å²) < 4.78 is 2.24. The lowest BCUT2D eigenvalue weighted by atomic mass is 9.93. The van der Waals surface area contributed by atoms with Crippen molar-refractivity contribution in [3.05, 3.63) is 18.7 Å². The van der Waals surface area contributed by atoms with Crippen LogP contribution >= 0.6 is 0 Å². The summed E-state index contributed by atoms with van der Waals surface area (Å²) in [6.07, 6.45) is 9.12. The van der Waals surface area contributed by atoms with Crippen LogP contribution in [0.25, 0.3) is 0 Å². The Labute approximate surface area is 103 Å². The maximum atomic E-state index is 8.81. The number of nitrogens with zero attached hydrogens (tertiary/aromatic N) is 3. The molecule has 0 aromatic carbocycles. The van der Waals surface area contributed by atoms with Crippen LogP contribution in [0.3, 0.4) is 0 Å². The quantitative estimate of drug-likeness (QED) is 0.790. The number of piperidine rings is 1. The zero-order chi connectivity index (χ0) is 12.1. The molecule has 4 heteroatoms. The third-order valence-electron chi connectivity index (χ3n) is 3.79. The van der Waals surface area contributed by atoms with Gasteiger partial charge < -0.3 is 14.6 Å². The van der Waals surface area contributed by atoms with Crippen molar-refractivity contribution in [2.45, 2.75) is 32.2 Å². The summed E-state index contributed by atoms with van der Waals surface area (Å²) in [7, 11) is 0. The molecule has 1 fully saturated rings. The highest BCUT2D eigenvalue weighted by molar-refractivity contribution is 4.88. The molecule has 2 heterocycles. The van der Waals surface area contributed by atoms with Crippen LogP contribution in [-0.2, 0) is 0 Å². The first-order valence-corrected chi connectivity index (χ1v) is 6.62. The van der Waals surface area contributed by atoms with Gasteiger partial charge >= 0.3 is 0 Å². The average molecular weight is 237 g/mol. The number of imidazole rings is 1. The van der Waals surface area contributed by atoms with Crippen molar-refractivity contribution in [1.82, 2.24) is 14.5 Å². The van der Waals surface area contributed by atoms with E-state index in [1.54, 1.807) is 0 Å². The van der Waals surface area contributed by atoms with E-state index in [1.807, 2.05) is 12.5 Å². The third-order valence-corrected chi connectivity index (χ3v) is 3.79. The van der Waals surface area contributed by atoms with Crippen LogP contribution in [0, 0.1) is 5.92 Å². The Hall–Kier alpha value is -0.870. The van der Waals surface area contributed by atoms with E-state index in [9.17, 15) is 0 Å². The normalized spacial score (nSPS) is 26.2. The molecule has 0 radical (unpaired) electrons. The Kier molecular flexibility index (Phi) is 4.57. The topological polar surface area (TPSA) is 41.3 Å². The van der Waals surface area contributed by atoms with Crippen LogP contribution in [-0.4, -0.2) is 45.8 Å². The molecule has 1 saturated heterocycles. The van der Waals surface area contributed by atoms with E-state index in [-0.39, 0.29) is 0 Å². The number of likely N-dealkylation sites (tertiary alicyclic amines) is 1. The van der Waals surface area contributed by atoms with Gasteiger partial charge in [-0.1, -0.05) is 6.92 Å². The summed E-state index contributed by atoms with van der Waals surface area (Å²) >= 11 is 0. The lowest BCUT2D eigenvalue weighted by molar-refractivity contribution is 0.128. The number of hydrogen-bond donors (Lipinski definition) is 1. The summed E-state index contributed by atoms with van der Waals surface area (Å²) in [5, 5.41) is 8.81. The van der Waals surface area contributed by atoms with Gasteiger partial charge in [0.05, 0.1) is 6.33 Å². The Balaban J connectivity index is 1.88. The predicted octanol–water partition coefficient (Wildman–Crippen LogP) is 1.54. The number of aliphatic hydroxyl groups is 1. The maximum absolute atomic E-state index is 8.81. The molecule has 1 aromatic rings. The first-order chi connectivity index (χ1) is 8.31. The summed E-state index contributed by atoms with van der Waals surface area (Å²) in [6.45, 7) is 6.06. The van der Waals surface area contributed by atoms with Gasteiger partial charge in [-0.25, -0.2) is 4.98 Å². The summed E-state index contributed by atoms with van der Waals surface area (Å²) in [5.74, 6) is 0.721. The van der Waals surface area contributed by atoms with Crippen molar-refractivity contribution in [2.24, 2.45) is 5.92 Å². The van der Waals surface area contributed by atoms with Crippen molar-refractivity contribution in [2.75, 3.05) is 26.2 Å². The molecule has 2 atom stereocenters.